The van der Waals surface area contributed by atoms with Crippen LogP contribution < -0.4 is 19.7 Å². The van der Waals surface area contributed by atoms with Gasteiger partial charge in [-0.25, -0.2) is 0 Å². The fourth-order valence-corrected chi connectivity index (χ4v) is 2.33. The molecule has 5 heteroatoms. The summed E-state index contributed by atoms with van der Waals surface area (Å²) in [7, 11) is 3.20. The van der Waals surface area contributed by atoms with Gasteiger partial charge in [0, 0.05) is 18.3 Å². The molecule has 0 radical (unpaired) electrons. The van der Waals surface area contributed by atoms with Crippen LogP contribution in [-0.2, 0) is 4.79 Å². The molecule has 0 aliphatic rings. The molecule has 5 nitrogen and oxygen atoms in total. The summed E-state index contributed by atoms with van der Waals surface area (Å²) < 4.78 is 10.5. The number of ether oxygens (including phenoxy) is 2. The van der Waals surface area contributed by atoms with Crippen LogP contribution in [0.1, 0.15) is 6.92 Å². The maximum atomic E-state index is 12.5. The van der Waals surface area contributed by atoms with Crippen LogP contribution in [0.4, 0.5) is 11.4 Å². The van der Waals surface area contributed by atoms with Gasteiger partial charge < -0.3 is 19.7 Å². The summed E-state index contributed by atoms with van der Waals surface area (Å²) >= 11 is 0. The maximum absolute atomic E-state index is 12.5. The third-order valence-corrected chi connectivity index (χ3v) is 3.52. The third kappa shape index (κ3) is 4.16. The number of carbonyl (C=O) groups is 1. The Morgan fingerprint density at radius 1 is 1.09 bits per heavy atom. The molecule has 0 saturated carbocycles. The first kappa shape index (κ1) is 16.7. The summed E-state index contributed by atoms with van der Waals surface area (Å²) in [6, 6.07) is 15.1. The molecule has 0 aliphatic heterocycles. The molecule has 0 heterocycles. The van der Waals surface area contributed by atoms with Crippen molar-refractivity contribution in [1.29, 1.82) is 0 Å². The number of para-hydroxylation sites is 1. The van der Waals surface area contributed by atoms with Crippen LogP contribution in [0.5, 0.6) is 11.5 Å². The molecule has 0 aliphatic carbocycles. The lowest BCUT2D eigenvalue weighted by Gasteiger charge is -2.22. The van der Waals surface area contributed by atoms with Gasteiger partial charge in [-0.15, -0.1) is 0 Å². The summed E-state index contributed by atoms with van der Waals surface area (Å²) in [4.78, 5) is 14.2. The van der Waals surface area contributed by atoms with Gasteiger partial charge in [0.2, 0.25) is 5.91 Å². The van der Waals surface area contributed by atoms with E-state index in [1.807, 2.05) is 49.4 Å². The van der Waals surface area contributed by atoms with Crippen LogP contribution >= 0.6 is 0 Å². The van der Waals surface area contributed by atoms with Crippen molar-refractivity contribution in [2.45, 2.75) is 6.92 Å². The fraction of sp³-hybridized carbons (Fsp3) is 0.278. The molecule has 0 fully saturated rings. The van der Waals surface area contributed by atoms with E-state index >= 15 is 0 Å². The largest absolute Gasteiger partial charge is 0.497 e. The van der Waals surface area contributed by atoms with Crippen LogP contribution in [0, 0.1) is 0 Å². The summed E-state index contributed by atoms with van der Waals surface area (Å²) in [5.41, 5.74) is 1.61. The average molecular weight is 314 g/mol. The van der Waals surface area contributed by atoms with Crippen molar-refractivity contribution in [3.63, 3.8) is 0 Å². The van der Waals surface area contributed by atoms with Gasteiger partial charge in [0.15, 0.2) is 0 Å². The van der Waals surface area contributed by atoms with Gasteiger partial charge in [-0.05, 0) is 31.2 Å². The molecule has 2 aromatic rings. The van der Waals surface area contributed by atoms with E-state index < -0.39 is 0 Å². The van der Waals surface area contributed by atoms with Crippen molar-refractivity contribution in [3.05, 3.63) is 48.5 Å². The fourth-order valence-electron chi connectivity index (χ4n) is 2.33. The zero-order valence-corrected chi connectivity index (χ0v) is 13.7. The van der Waals surface area contributed by atoms with Crippen LogP contribution in [-0.4, -0.2) is 33.2 Å². The Kier molecular flexibility index (Phi) is 5.86. The number of hydrogen-bond donors (Lipinski definition) is 1. The molecule has 0 unspecified atom stereocenters. The Bertz CT molecular complexity index is 644. The summed E-state index contributed by atoms with van der Waals surface area (Å²) in [6.07, 6.45) is 0. The first-order valence-electron chi connectivity index (χ1n) is 7.51. The van der Waals surface area contributed by atoms with E-state index in [0.29, 0.717) is 18.0 Å². The normalized spacial score (nSPS) is 10.0. The van der Waals surface area contributed by atoms with Crippen molar-refractivity contribution >= 4 is 17.3 Å². The van der Waals surface area contributed by atoms with Crippen molar-refractivity contribution in [3.8, 4) is 11.5 Å². The Labute approximate surface area is 136 Å². The molecular weight excluding hydrogens is 292 g/mol. The molecule has 122 valence electrons. The van der Waals surface area contributed by atoms with Crippen LogP contribution in [0.2, 0.25) is 0 Å². The zero-order valence-electron chi connectivity index (χ0n) is 13.7. The lowest BCUT2D eigenvalue weighted by molar-refractivity contribution is -0.116. The van der Waals surface area contributed by atoms with Gasteiger partial charge in [-0.2, -0.15) is 0 Å². The van der Waals surface area contributed by atoms with E-state index in [1.54, 1.807) is 25.2 Å². The summed E-state index contributed by atoms with van der Waals surface area (Å²) in [6.45, 7) is 2.74. The Morgan fingerprint density at radius 3 is 2.43 bits per heavy atom. The van der Waals surface area contributed by atoms with E-state index in [1.165, 1.54) is 0 Å². The van der Waals surface area contributed by atoms with Crippen LogP contribution in [0.25, 0.3) is 0 Å². The summed E-state index contributed by atoms with van der Waals surface area (Å²) in [5.74, 6) is 1.36. The van der Waals surface area contributed by atoms with Gasteiger partial charge >= 0.3 is 0 Å². The first-order valence-corrected chi connectivity index (χ1v) is 7.51. The number of likely N-dealkylation sites (N-methyl/N-ethyl adjacent to an activating group) is 1. The van der Waals surface area contributed by atoms with Gasteiger partial charge in [0.1, 0.15) is 11.5 Å². The van der Waals surface area contributed by atoms with Crippen LogP contribution in [0.3, 0.4) is 0 Å². The monoisotopic (exact) mass is 314 g/mol. The second kappa shape index (κ2) is 8.08. The number of amides is 1. The number of methoxy groups -OCH3 is 2. The van der Waals surface area contributed by atoms with Crippen molar-refractivity contribution in [1.82, 2.24) is 0 Å². The van der Waals surface area contributed by atoms with E-state index in [-0.39, 0.29) is 12.5 Å². The number of carbonyl (C=O) groups excluding carboxylic acids is 1. The summed E-state index contributed by atoms with van der Waals surface area (Å²) in [5, 5.41) is 3.13. The molecule has 0 atom stereocenters. The highest BCUT2D eigenvalue weighted by atomic mass is 16.5. The minimum absolute atomic E-state index is 0.0106. The second-order valence-electron chi connectivity index (χ2n) is 4.89. The predicted octanol–water partition coefficient (Wildman–Crippen LogP) is 3.17. The van der Waals surface area contributed by atoms with Gasteiger partial charge in [0.25, 0.3) is 0 Å². The number of rotatable bonds is 7. The lowest BCUT2D eigenvalue weighted by Crippen LogP contribution is -2.35. The lowest BCUT2D eigenvalue weighted by atomic mass is 10.2. The van der Waals surface area contributed by atoms with E-state index in [4.69, 9.17) is 9.47 Å². The predicted molar refractivity (Wildman–Crippen MR) is 92.5 cm³/mol. The Morgan fingerprint density at radius 2 is 1.83 bits per heavy atom. The molecule has 0 aromatic heterocycles. The second-order valence-corrected chi connectivity index (χ2v) is 4.89. The molecule has 0 spiro atoms. The Hall–Kier alpha value is -2.69. The topological polar surface area (TPSA) is 50.8 Å². The molecule has 2 rings (SSSR count). The minimum Gasteiger partial charge on any atom is -0.497 e. The van der Waals surface area contributed by atoms with E-state index in [2.05, 4.69) is 5.32 Å². The standard InChI is InChI=1S/C18H22N2O3/c1-4-20(14-8-6-5-7-9-14)18(21)13-19-16-12-15(22-2)10-11-17(16)23-3/h5-12,19H,4,13H2,1-3H3. The van der Waals surface area contributed by atoms with Crippen molar-refractivity contribution < 1.29 is 14.3 Å². The van der Waals surface area contributed by atoms with Gasteiger partial charge in [-0.3, -0.25) is 4.79 Å². The maximum Gasteiger partial charge on any atom is 0.246 e. The van der Waals surface area contributed by atoms with E-state index in [9.17, 15) is 4.79 Å². The van der Waals surface area contributed by atoms with Crippen LogP contribution in [0.15, 0.2) is 48.5 Å². The minimum atomic E-state index is -0.0106. The SMILES string of the molecule is CCN(C(=O)CNc1cc(OC)ccc1OC)c1ccccc1. The molecule has 2 aromatic carbocycles. The van der Waals surface area contributed by atoms with Gasteiger partial charge in [0.05, 0.1) is 26.5 Å². The highest BCUT2D eigenvalue weighted by molar-refractivity contribution is 5.96. The number of benzene rings is 2. The van der Waals surface area contributed by atoms with Gasteiger partial charge in [-0.1, -0.05) is 18.2 Å². The molecule has 1 N–H and O–H groups in total. The molecule has 1 amide bonds. The number of anilines is 2. The number of nitrogens with zero attached hydrogens (tertiary/aromatic N) is 1. The molecule has 23 heavy (non-hydrogen) atoms. The smallest absolute Gasteiger partial charge is 0.246 e. The average Bonchev–Trinajstić information content (AvgIpc) is 2.61. The van der Waals surface area contributed by atoms with E-state index in [0.717, 1.165) is 11.4 Å². The highest BCUT2D eigenvalue weighted by Crippen LogP contribution is 2.28. The zero-order chi connectivity index (χ0) is 16.7. The quantitative estimate of drug-likeness (QED) is 0.853. The molecular formula is C18H22N2O3. The number of nitrogens with one attached hydrogen (secondary N) is 1. The third-order valence-electron chi connectivity index (χ3n) is 3.52. The highest BCUT2D eigenvalue weighted by Gasteiger charge is 2.14. The number of hydrogen-bond acceptors (Lipinski definition) is 4. The Balaban J connectivity index is 2.09. The van der Waals surface area contributed by atoms with Crippen molar-refractivity contribution in [2.24, 2.45) is 0 Å². The first-order chi connectivity index (χ1) is 11.2. The molecule has 0 saturated heterocycles. The van der Waals surface area contributed by atoms with Crippen molar-refractivity contribution in [2.75, 3.05) is 37.5 Å². The molecule has 0 bridgehead atoms.